The van der Waals surface area contributed by atoms with Crippen LogP contribution < -0.4 is 0 Å². The molecule has 0 spiro atoms. The van der Waals surface area contributed by atoms with Crippen LogP contribution in [0, 0.1) is 11.6 Å². The number of benzene rings is 1. The molecular weight excluding hydrogens is 234 g/mol. The lowest BCUT2D eigenvalue weighted by Crippen LogP contribution is -1.91. The molecule has 0 unspecified atom stereocenters. The van der Waals surface area contributed by atoms with Crippen molar-refractivity contribution < 1.29 is 8.78 Å². The first-order valence-corrected chi connectivity index (χ1v) is 5.52. The van der Waals surface area contributed by atoms with E-state index in [1.54, 1.807) is 12.4 Å². The van der Waals surface area contributed by atoms with Gasteiger partial charge in [0.2, 0.25) is 0 Å². The number of hydrogen-bond donors (Lipinski definition) is 2. The van der Waals surface area contributed by atoms with Crippen molar-refractivity contribution in [3.8, 4) is 22.5 Å². The highest BCUT2D eigenvalue weighted by atomic mass is 19.2. The molecule has 0 atom stereocenters. The van der Waals surface area contributed by atoms with Crippen LogP contribution in [0.3, 0.4) is 0 Å². The topological polar surface area (TPSA) is 31.6 Å². The Balaban J connectivity index is 2.26. The minimum atomic E-state index is -0.852. The zero-order valence-corrected chi connectivity index (χ0v) is 9.37. The first-order valence-electron chi connectivity index (χ1n) is 5.52. The van der Waals surface area contributed by atoms with Gasteiger partial charge in [-0.2, -0.15) is 0 Å². The quantitative estimate of drug-likeness (QED) is 0.684. The number of hydrogen-bond acceptors (Lipinski definition) is 0. The number of nitrogens with one attached hydrogen (secondary N) is 2. The van der Waals surface area contributed by atoms with Crippen LogP contribution >= 0.6 is 0 Å². The number of aromatic amines is 2. The van der Waals surface area contributed by atoms with Gasteiger partial charge in [0.1, 0.15) is 0 Å². The van der Waals surface area contributed by atoms with Crippen molar-refractivity contribution in [1.29, 1.82) is 0 Å². The van der Waals surface area contributed by atoms with Crippen LogP contribution in [0.15, 0.2) is 48.8 Å². The molecule has 0 bridgehead atoms. The Morgan fingerprint density at radius 1 is 0.722 bits per heavy atom. The fourth-order valence-electron chi connectivity index (χ4n) is 1.99. The van der Waals surface area contributed by atoms with Crippen LogP contribution in [-0.4, -0.2) is 9.97 Å². The minimum absolute atomic E-state index is 0.626. The van der Waals surface area contributed by atoms with E-state index in [1.165, 1.54) is 12.1 Å². The molecular formula is C14H10F2N2. The summed E-state index contributed by atoms with van der Waals surface area (Å²) in [6.07, 6.45) is 3.49. The standard InChI is InChI=1S/C14H10F2N2/c15-11-7-9(13-3-1-5-17-13)10(8-12(11)16)14-4-2-6-18-14/h1-8,17-18H. The predicted octanol–water partition coefficient (Wildman–Crippen LogP) is 3.96. The van der Waals surface area contributed by atoms with E-state index in [1.807, 2.05) is 24.3 Å². The molecule has 0 aliphatic carbocycles. The van der Waals surface area contributed by atoms with E-state index < -0.39 is 11.6 Å². The normalized spacial score (nSPS) is 10.8. The summed E-state index contributed by atoms with van der Waals surface area (Å²) < 4.78 is 26.8. The molecule has 0 saturated carbocycles. The second-order valence-corrected chi connectivity index (χ2v) is 3.98. The molecule has 3 aromatic rings. The lowest BCUT2D eigenvalue weighted by molar-refractivity contribution is 0.509. The predicted molar refractivity (Wildman–Crippen MR) is 65.9 cm³/mol. The van der Waals surface area contributed by atoms with Gasteiger partial charge >= 0.3 is 0 Å². The van der Waals surface area contributed by atoms with Gasteiger partial charge in [0, 0.05) is 34.9 Å². The maximum atomic E-state index is 13.4. The van der Waals surface area contributed by atoms with Crippen LogP contribution in [0.5, 0.6) is 0 Å². The third kappa shape index (κ3) is 1.72. The van der Waals surface area contributed by atoms with Crippen LogP contribution in [0.25, 0.3) is 22.5 Å². The Morgan fingerprint density at radius 2 is 1.17 bits per heavy atom. The lowest BCUT2D eigenvalue weighted by atomic mass is 10.0. The second-order valence-electron chi connectivity index (χ2n) is 3.98. The van der Waals surface area contributed by atoms with E-state index in [0.717, 1.165) is 11.4 Å². The zero-order chi connectivity index (χ0) is 12.5. The Morgan fingerprint density at radius 3 is 1.50 bits per heavy atom. The molecule has 0 fully saturated rings. The molecule has 18 heavy (non-hydrogen) atoms. The molecule has 0 saturated heterocycles. The lowest BCUT2D eigenvalue weighted by Gasteiger charge is -2.08. The molecule has 2 nitrogen and oxygen atoms in total. The number of halogens is 2. The van der Waals surface area contributed by atoms with Gasteiger partial charge in [-0.05, 0) is 36.4 Å². The summed E-state index contributed by atoms with van der Waals surface area (Å²) in [4.78, 5) is 6.00. The van der Waals surface area contributed by atoms with Crippen molar-refractivity contribution in [2.24, 2.45) is 0 Å². The number of aromatic nitrogens is 2. The van der Waals surface area contributed by atoms with E-state index >= 15 is 0 Å². The molecule has 4 heteroatoms. The van der Waals surface area contributed by atoms with Crippen LogP contribution in [0.2, 0.25) is 0 Å². The summed E-state index contributed by atoms with van der Waals surface area (Å²) in [5, 5.41) is 0. The first-order chi connectivity index (χ1) is 8.75. The SMILES string of the molecule is Fc1cc(-c2ccc[nH]2)c(-c2ccc[nH]2)cc1F. The van der Waals surface area contributed by atoms with Gasteiger partial charge in [-0.3, -0.25) is 0 Å². The third-order valence-corrected chi connectivity index (χ3v) is 2.84. The highest BCUT2D eigenvalue weighted by Crippen LogP contribution is 2.32. The van der Waals surface area contributed by atoms with Crippen molar-refractivity contribution >= 4 is 0 Å². The van der Waals surface area contributed by atoms with Crippen LogP contribution in [-0.2, 0) is 0 Å². The Hall–Kier alpha value is -2.36. The van der Waals surface area contributed by atoms with E-state index in [9.17, 15) is 8.78 Å². The molecule has 0 aliphatic heterocycles. The van der Waals surface area contributed by atoms with Gasteiger partial charge in [0.25, 0.3) is 0 Å². The monoisotopic (exact) mass is 244 g/mol. The first kappa shape index (κ1) is 10.8. The Kier molecular flexibility index (Phi) is 2.48. The Bertz CT molecular complexity index is 596. The van der Waals surface area contributed by atoms with Crippen LogP contribution in [0.1, 0.15) is 0 Å². The van der Waals surface area contributed by atoms with Crippen molar-refractivity contribution in [2.45, 2.75) is 0 Å². The maximum absolute atomic E-state index is 13.4. The van der Waals surface area contributed by atoms with E-state index in [4.69, 9.17) is 0 Å². The fraction of sp³-hybridized carbons (Fsp3) is 0. The molecule has 3 rings (SSSR count). The summed E-state index contributed by atoms with van der Waals surface area (Å²) in [6.45, 7) is 0. The average Bonchev–Trinajstić information content (AvgIpc) is 3.02. The van der Waals surface area contributed by atoms with Gasteiger partial charge in [0.05, 0.1) is 0 Å². The summed E-state index contributed by atoms with van der Waals surface area (Å²) in [5.41, 5.74) is 2.75. The van der Waals surface area contributed by atoms with Crippen molar-refractivity contribution in [3.63, 3.8) is 0 Å². The van der Waals surface area contributed by atoms with Gasteiger partial charge < -0.3 is 9.97 Å². The summed E-state index contributed by atoms with van der Waals surface area (Å²) in [6, 6.07) is 9.68. The van der Waals surface area contributed by atoms with E-state index in [2.05, 4.69) is 9.97 Å². The smallest absolute Gasteiger partial charge is 0.159 e. The summed E-state index contributed by atoms with van der Waals surface area (Å²) in [7, 11) is 0. The average molecular weight is 244 g/mol. The Labute approximate surface area is 102 Å². The molecule has 0 amide bonds. The molecule has 0 radical (unpaired) electrons. The summed E-state index contributed by atoms with van der Waals surface area (Å²) >= 11 is 0. The fourth-order valence-corrected chi connectivity index (χ4v) is 1.99. The zero-order valence-electron chi connectivity index (χ0n) is 9.37. The molecule has 1 aromatic carbocycles. The molecule has 2 heterocycles. The van der Waals surface area contributed by atoms with Gasteiger partial charge in [-0.15, -0.1) is 0 Å². The third-order valence-electron chi connectivity index (χ3n) is 2.84. The summed E-state index contributed by atoms with van der Waals surface area (Å²) in [5.74, 6) is -1.70. The molecule has 2 aromatic heterocycles. The van der Waals surface area contributed by atoms with Gasteiger partial charge in [-0.1, -0.05) is 0 Å². The highest BCUT2D eigenvalue weighted by molar-refractivity contribution is 5.80. The molecule has 2 N–H and O–H groups in total. The largest absolute Gasteiger partial charge is 0.361 e. The molecule has 0 aliphatic rings. The number of H-pyrrole nitrogens is 2. The van der Waals surface area contributed by atoms with Crippen molar-refractivity contribution in [3.05, 3.63) is 60.4 Å². The van der Waals surface area contributed by atoms with Crippen molar-refractivity contribution in [2.75, 3.05) is 0 Å². The van der Waals surface area contributed by atoms with Gasteiger partial charge in [-0.25, -0.2) is 8.78 Å². The van der Waals surface area contributed by atoms with E-state index in [-0.39, 0.29) is 0 Å². The van der Waals surface area contributed by atoms with Crippen molar-refractivity contribution in [1.82, 2.24) is 9.97 Å². The minimum Gasteiger partial charge on any atom is -0.361 e. The van der Waals surface area contributed by atoms with E-state index in [0.29, 0.717) is 11.1 Å². The molecule has 90 valence electrons. The van der Waals surface area contributed by atoms with Crippen LogP contribution in [0.4, 0.5) is 8.78 Å². The second kappa shape index (κ2) is 4.14. The maximum Gasteiger partial charge on any atom is 0.159 e. The highest BCUT2D eigenvalue weighted by Gasteiger charge is 2.13. The van der Waals surface area contributed by atoms with Gasteiger partial charge in [0.15, 0.2) is 11.6 Å². The number of rotatable bonds is 2.